The summed E-state index contributed by atoms with van der Waals surface area (Å²) in [6.07, 6.45) is -5.04. The minimum atomic E-state index is -1.97. The Morgan fingerprint density at radius 1 is 0.673 bits per heavy atom. The molecule has 3 aromatic rings. The molecule has 13 nitrogen and oxygen atoms in total. The maximum Gasteiger partial charge on any atom is 0.256 e. The van der Waals surface area contributed by atoms with Gasteiger partial charge >= 0.3 is 0 Å². The Bertz CT molecular complexity index is 1710. The van der Waals surface area contributed by atoms with Crippen molar-refractivity contribution >= 4 is 58.2 Å². The summed E-state index contributed by atoms with van der Waals surface area (Å²) in [7, 11) is 0. The molecule has 1 unspecified atom stereocenters. The lowest BCUT2D eigenvalue weighted by atomic mass is 9.85. The van der Waals surface area contributed by atoms with Gasteiger partial charge in [0.1, 0.15) is 0 Å². The Labute approximate surface area is 331 Å². The molecule has 0 aromatic heterocycles. The van der Waals surface area contributed by atoms with Crippen LogP contribution in [0.15, 0.2) is 72.8 Å². The third-order valence-corrected chi connectivity index (χ3v) is 9.97. The first kappa shape index (κ1) is 43.5. The second kappa shape index (κ2) is 21.7. The summed E-state index contributed by atoms with van der Waals surface area (Å²) < 4.78 is 0. The van der Waals surface area contributed by atoms with Gasteiger partial charge < -0.3 is 46.2 Å². The number of alkyl halides is 2. The highest BCUT2D eigenvalue weighted by Crippen LogP contribution is 2.36. The Morgan fingerprint density at radius 3 is 1.80 bits per heavy atom. The maximum absolute atomic E-state index is 13.1. The number of piperazine rings is 1. The standard InChI is InChI=1S/C40H51Cl2N5O8/c1-2-8-32(27-11-13-30(14-12-27)45-39(54)34(49)33(48)37(52)43-17-6-15-41)29-23-28(26-9-4-3-5-10-26)24-31(25-29)46-19-21-47(22-20-46)40(55)36(51)35(50)38(53)44-18-7-16-42/h3-5,9-14,23-25,32-36,48-51H,2,6-8,15-22H2,1H3,(H,43,52)(H,44,53)(H,45,54)/t32?,33-,34-,35-,36-/m1/s1. The average Bonchev–Trinajstić information content (AvgIpc) is 3.22. The lowest BCUT2D eigenvalue weighted by Crippen LogP contribution is -2.55. The number of aliphatic hydroxyl groups is 4. The van der Waals surface area contributed by atoms with Crippen LogP contribution in [0.25, 0.3) is 11.1 Å². The highest BCUT2D eigenvalue weighted by Gasteiger charge is 2.35. The zero-order chi connectivity index (χ0) is 39.9. The molecule has 5 atom stereocenters. The van der Waals surface area contributed by atoms with Gasteiger partial charge in [-0.1, -0.05) is 61.9 Å². The summed E-state index contributed by atoms with van der Waals surface area (Å²) in [6, 6.07) is 23.6. The molecule has 0 bridgehead atoms. The van der Waals surface area contributed by atoms with Crippen molar-refractivity contribution in [3.63, 3.8) is 0 Å². The van der Waals surface area contributed by atoms with E-state index in [0.717, 1.165) is 40.8 Å². The van der Waals surface area contributed by atoms with Crippen LogP contribution >= 0.6 is 23.2 Å². The Kier molecular flexibility index (Phi) is 17.2. The largest absolute Gasteiger partial charge is 0.380 e. The van der Waals surface area contributed by atoms with E-state index in [2.05, 4.69) is 46.0 Å². The molecule has 1 aliphatic rings. The van der Waals surface area contributed by atoms with Crippen LogP contribution in [0.5, 0.6) is 0 Å². The summed E-state index contributed by atoms with van der Waals surface area (Å²) in [6.45, 7) is 3.99. The number of hydrogen-bond donors (Lipinski definition) is 7. The first-order valence-corrected chi connectivity index (χ1v) is 19.6. The SMILES string of the molecule is CCCC(c1ccc(NC(=O)[C@H](O)[C@@H](O)C(=O)NCCCCl)cc1)c1cc(-c2ccccc2)cc(N2CCN(C(=O)[C@H](O)[C@@H](O)C(=O)NCCCCl)CC2)c1. The fraction of sp³-hybridized carbons (Fsp3) is 0.450. The van der Waals surface area contributed by atoms with E-state index in [0.29, 0.717) is 43.4 Å². The van der Waals surface area contributed by atoms with Crippen molar-refractivity contribution in [2.45, 2.75) is 62.9 Å². The average molecular weight is 801 g/mol. The predicted octanol–water partition coefficient (Wildman–Crippen LogP) is 2.81. The molecular weight excluding hydrogens is 749 g/mol. The lowest BCUT2D eigenvalue weighted by molar-refractivity contribution is -0.153. The number of carbonyl (C=O) groups is 4. The van der Waals surface area contributed by atoms with Gasteiger partial charge in [-0.05, 0) is 65.8 Å². The number of benzene rings is 3. The molecule has 7 N–H and O–H groups in total. The van der Waals surface area contributed by atoms with Crippen molar-refractivity contribution in [3.8, 4) is 11.1 Å². The lowest BCUT2D eigenvalue weighted by Gasteiger charge is -2.37. The van der Waals surface area contributed by atoms with E-state index in [1.807, 2.05) is 42.5 Å². The van der Waals surface area contributed by atoms with Gasteiger partial charge in [0.2, 0.25) is 0 Å². The van der Waals surface area contributed by atoms with Crippen LogP contribution < -0.4 is 20.9 Å². The number of nitrogens with one attached hydrogen (secondary N) is 3. The predicted molar refractivity (Wildman–Crippen MR) is 213 cm³/mol. The van der Waals surface area contributed by atoms with Crippen molar-refractivity contribution < 1.29 is 39.6 Å². The summed E-state index contributed by atoms with van der Waals surface area (Å²) in [5, 5.41) is 48.8. The molecule has 0 spiro atoms. The molecule has 15 heteroatoms. The Morgan fingerprint density at radius 2 is 1.24 bits per heavy atom. The van der Waals surface area contributed by atoms with Crippen LogP contribution in [0.4, 0.5) is 11.4 Å². The van der Waals surface area contributed by atoms with Crippen molar-refractivity contribution in [1.29, 1.82) is 0 Å². The van der Waals surface area contributed by atoms with Gasteiger partial charge in [-0.3, -0.25) is 19.2 Å². The van der Waals surface area contributed by atoms with Crippen LogP contribution in [-0.2, 0) is 19.2 Å². The molecule has 0 radical (unpaired) electrons. The van der Waals surface area contributed by atoms with E-state index in [9.17, 15) is 39.6 Å². The van der Waals surface area contributed by atoms with Gasteiger partial charge in [0.15, 0.2) is 24.4 Å². The van der Waals surface area contributed by atoms with Crippen LogP contribution in [0.2, 0.25) is 0 Å². The second-order valence-electron chi connectivity index (χ2n) is 13.4. The molecule has 298 valence electrons. The molecule has 4 rings (SSSR count). The second-order valence-corrected chi connectivity index (χ2v) is 14.1. The van der Waals surface area contributed by atoms with Crippen molar-refractivity contribution in [2.24, 2.45) is 0 Å². The first-order chi connectivity index (χ1) is 26.5. The molecule has 0 saturated carbocycles. The molecule has 0 aliphatic carbocycles. The zero-order valence-electron chi connectivity index (χ0n) is 30.9. The van der Waals surface area contributed by atoms with Gasteiger partial charge in [0, 0.05) is 68.3 Å². The number of aliphatic hydroxyl groups excluding tert-OH is 4. The third kappa shape index (κ3) is 12.1. The summed E-state index contributed by atoms with van der Waals surface area (Å²) in [5.74, 6) is -2.72. The van der Waals surface area contributed by atoms with E-state index in [-0.39, 0.29) is 32.1 Å². The van der Waals surface area contributed by atoms with E-state index >= 15 is 0 Å². The minimum Gasteiger partial charge on any atom is -0.380 e. The molecule has 1 aliphatic heterocycles. The third-order valence-electron chi connectivity index (χ3n) is 9.44. The molecule has 55 heavy (non-hydrogen) atoms. The molecule has 1 heterocycles. The topological polar surface area (TPSA) is 192 Å². The number of rotatable bonds is 19. The Hall–Kier alpha value is -4.24. The molecule has 3 aromatic carbocycles. The monoisotopic (exact) mass is 799 g/mol. The summed E-state index contributed by atoms with van der Waals surface area (Å²) in [5.41, 5.74) is 5.42. The number of amides is 4. The number of halogens is 2. The van der Waals surface area contributed by atoms with Crippen LogP contribution in [0, 0.1) is 0 Å². The highest BCUT2D eigenvalue weighted by molar-refractivity contribution is 6.18. The van der Waals surface area contributed by atoms with E-state index in [1.165, 1.54) is 4.90 Å². The van der Waals surface area contributed by atoms with Gasteiger partial charge in [0.05, 0.1) is 0 Å². The highest BCUT2D eigenvalue weighted by atomic mass is 35.5. The number of hydrogen-bond acceptors (Lipinski definition) is 9. The van der Waals surface area contributed by atoms with Gasteiger partial charge in [-0.25, -0.2) is 0 Å². The summed E-state index contributed by atoms with van der Waals surface area (Å²) >= 11 is 11.2. The van der Waals surface area contributed by atoms with Crippen molar-refractivity contribution in [2.75, 3.05) is 61.2 Å². The first-order valence-electron chi connectivity index (χ1n) is 18.5. The van der Waals surface area contributed by atoms with Gasteiger partial charge in [-0.2, -0.15) is 0 Å². The zero-order valence-corrected chi connectivity index (χ0v) is 32.4. The fourth-order valence-electron chi connectivity index (χ4n) is 6.35. The van der Waals surface area contributed by atoms with Crippen molar-refractivity contribution in [1.82, 2.24) is 15.5 Å². The van der Waals surface area contributed by atoms with Crippen LogP contribution in [0.1, 0.15) is 49.7 Å². The summed E-state index contributed by atoms with van der Waals surface area (Å²) in [4.78, 5) is 53.7. The fourth-order valence-corrected chi connectivity index (χ4v) is 6.62. The quantitative estimate of drug-likeness (QED) is 0.0706. The molecule has 1 saturated heterocycles. The minimum absolute atomic E-state index is 0.0312. The van der Waals surface area contributed by atoms with Gasteiger partial charge in [0.25, 0.3) is 23.6 Å². The number of nitrogens with zero attached hydrogens (tertiary/aromatic N) is 2. The normalized spacial score (nSPS) is 15.7. The Balaban J connectivity index is 1.51. The molecular formula is C40H51Cl2N5O8. The number of carbonyl (C=O) groups excluding carboxylic acids is 4. The van der Waals surface area contributed by atoms with E-state index in [1.54, 1.807) is 12.1 Å². The number of anilines is 2. The van der Waals surface area contributed by atoms with Crippen LogP contribution in [-0.4, -0.2) is 124 Å². The van der Waals surface area contributed by atoms with E-state index in [4.69, 9.17) is 23.2 Å². The molecule has 1 fully saturated rings. The maximum atomic E-state index is 13.1. The van der Waals surface area contributed by atoms with Crippen molar-refractivity contribution in [3.05, 3.63) is 83.9 Å². The van der Waals surface area contributed by atoms with E-state index < -0.39 is 48.0 Å². The van der Waals surface area contributed by atoms with Crippen LogP contribution in [0.3, 0.4) is 0 Å². The smallest absolute Gasteiger partial charge is 0.256 e. The molecule has 4 amide bonds. The van der Waals surface area contributed by atoms with Gasteiger partial charge in [-0.15, -0.1) is 23.2 Å².